The van der Waals surface area contributed by atoms with E-state index >= 15 is 0 Å². The molecule has 2 saturated heterocycles. The highest BCUT2D eigenvalue weighted by molar-refractivity contribution is 6.84. The maximum absolute atomic E-state index is 13.4. The molecule has 1 aromatic heterocycles. The second-order valence-corrected chi connectivity index (χ2v) is 22.2. The number of aromatic amines is 1. The number of aromatic nitrogens is 2. The van der Waals surface area contributed by atoms with Gasteiger partial charge in [0.25, 0.3) is 5.56 Å². The van der Waals surface area contributed by atoms with Crippen LogP contribution in [0.4, 0.5) is 0 Å². The fraction of sp³-hybridized carbons (Fsp3) is 0.625. The third-order valence-corrected chi connectivity index (χ3v) is 19.5. The fourth-order valence-corrected chi connectivity index (χ4v) is 18.1. The van der Waals surface area contributed by atoms with E-state index in [0.29, 0.717) is 6.42 Å². The maximum atomic E-state index is 13.4. The highest BCUT2D eigenvalue weighted by Crippen LogP contribution is 2.53. The van der Waals surface area contributed by atoms with E-state index < -0.39 is 64.3 Å². The van der Waals surface area contributed by atoms with Crippen LogP contribution >= 0.6 is 0 Å². The van der Waals surface area contributed by atoms with Gasteiger partial charge in [0.1, 0.15) is 12.2 Å². The van der Waals surface area contributed by atoms with Crippen molar-refractivity contribution in [3.8, 4) is 0 Å². The Morgan fingerprint density at radius 3 is 2.09 bits per heavy atom. The second kappa shape index (κ2) is 14.1. The Kier molecular flexibility index (Phi) is 11.0. The van der Waals surface area contributed by atoms with Crippen molar-refractivity contribution in [2.45, 2.75) is 114 Å². The molecule has 2 aliphatic heterocycles. The van der Waals surface area contributed by atoms with Gasteiger partial charge in [-0.05, 0) is 40.6 Å². The summed E-state index contributed by atoms with van der Waals surface area (Å²) in [5.41, 5.74) is -2.21. The predicted octanol–water partition coefficient (Wildman–Crippen LogP) is 4.48. The number of nitrogens with zero attached hydrogens (tertiary/aromatic N) is 1. The number of rotatable bonds is 9. The molecule has 4 rings (SSSR count). The van der Waals surface area contributed by atoms with E-state index in [-0.39, 0.29) is 35.2 Å². The van der Waals surface area contributed by atoms with Crippen LogP contribution < -0.4 is 11.2 Å². The number of H-pyrrole nitrogens is 1. The molecule has 2 aromatic rings. The van der Waals surface area contributed by atoms with Gasteiger partial charge in [0, 0.05) is 12.3 Å². The summed E-state index contributed by atoms with van der Waals surface area (Å²) in [7, 11) is -5.19. The lowest BCUT2D eigenvalue weighted by Gasteiger charge is -2.52. The molecular weight excluding hydrogens is 629 g/mol. The molecular formula is C32H48N2O10Si2. The van der Waals surface area contributed by atoms with Gasteiger partial charge in [0.05, 0.1) is 13.7 Å². The van der Waals surface area contributed by atoms with Crippen LogP contribution in [0.3, 0.4) is 0 Å². The largest absolute Gasteiger partial charge is 0.461 e. The van der Waals surface area contributed by atoms with E-state index in [0.717, 1.165) is 12.7 Å². The lowest BCUT2D eigenvalue weighted by atomic mass is 9.87. The molecule has 14 heteroatoms. The first-order valence-corrected chi connectivity index (χ1v) is 19.9. The van der Waals surface area contributed by atoms with Crippen LogP contribution in [0.25, 0.3) is 0 Å². The number of carbonyl (C=O) groups is 2. The zero-order valence-corrected chi connectivity index (χ0v) is 30.2. The lowest BCUT2D eigenvalue weighted by Crippen LogP contribution is -2.67. The Labute approximate surface area is 272 Å². The standard InChI is InChI=1S/C32H48N2O10Si2/c1-20(2)45(21(3)4)40-19-25-27(43-46(44-45,22(5)6)23(7)8)32(42-29(37)28(36)39-9,17-15-24-13-11-10-12-14-24)30(41-25)34-18-16-26(35)33-31(34)38/h10-14,16,18,20-23,25,27,30H,15,17,19H2,1-9H3,(H,33,35,38)/t25-,27-,30-,32+/m1/s1. The Hall–Kier alpha value is -2.89. The monoisotopic (exact) mass is 676 g/mol. The molecule has 12 nitrogen and oxygen atoms in total. The van der Waals surface area contributed by atoms with Gasteiger partial charge in [-0.15, -0.1) is 0 Å². The van der Waals surface area contributed by atoms with Crippen LogP contribution in [0.2, 0.25) is 22.2 Å². The zero-order chi connectivity index (χ0) is 34.0. The third kappa shape index (κ3) is 6.60. The lowest BCUT2D eigenvalue weighted by molar-refractivity contribution is -0.193. The van der Waals surface area contributed by atoms with Gasteiger partial charge < -0.3 is 27.2 Å². The zero-order valence-electron chi connectivity index (χ0n) is 28.2. The number of aryl methyl sites for hydroxylation is 1. The van der Waals surface area contributed by atoms with Gasteiger partial charge in [-0.1, -0.05) is 85.7 Å². The quantitative estimate of drug-likeness (QED) is 0.229. The van der Waals surface area contributed by atoms with Crippen LogP contribution in [-0.4, -0.2) is 70.1 Å². The van der Waals surface area contributed by atoms with Crippen molar-refractivity contribution in [3.05, 3.63) is 69.0 Å². The first-order valence-electron chi connectivity index (χ1n) is 16.0. The Balaban J connectivity index is 2.00. The van der Waals surface area contributed by atoms with Crippen molar-refractivity contribution in [2.75, 3.05) is 13.7 Å². The number of carbonyl (C=O) groups excluding carboxylic acids is 2. The van der Waals surface area contributed by atoms with E-state index in [9.17, 15) is 19.2 Å². The Bertz CT molecular complexity index is 1480. The first-order chi connectivity index (χ1) is 21.6. The molecule has 0 bridgehead atoms. The minimum atomic E-state index is -3.30. The van der Waals surface area contributed by atoms with Crippen molar-refractivity contribution in [2.24, 2.45) is 0 Å². The van der Waals surface area contributed by atoms with Gasteiger partial charge >= 0.3 is 34.8 Å². The Morgan fingerprint density at radius 2 is 1.54 bits per heavy atom. The van der Waals surface area contributed by atoms with Crippen LogP contribution in [0.15, 0.2) is 52.2 Å². The molecule has 4 atom stereocenters. The Morgan fingerprint density at radius 1 is 0.935 bits per heavy atom. The van der Waals surface area contributed by atoms with Crippen molar-refractivity contribution in [1.29, 1.82) is 0 Å². The summed E-state index contributed by atoms with van der Waals surface area (Å²) in [5.74, 6) is -2.47. The molecule has 0 unspecified atom stereocenters. The summed E-state index contributed by atoms with van der Waals surface area (Å²) >= 11 is 0. The van der Waals surface area contributed by atoms with Gasteiger partial charge in [0.2, 0.25) is 0 Å². The third-order valence-electron chi connectivity index (χ3n) is 9.25. The van der Waals surface area contributed by atoms with Crippen LogP contribution in [0.5, 0.6) is 0 Å². The number of methoxy groups -OCH3 is 1. The van der Waals surface area contributed by atoms with Gasteiger partial charge in [-0.2, -0.15) is 0 Å². The fourth-order valence-electron chi connectivity index (χ4n) is 6.85. The average Bonchev–Trinajstić information content (AvgIpc) is 3.26. The molecule has 46 heavy (non-hydrogen) atoms. The summed E-state index contributed by atoms with van der Waals surface area (Å²) in [6.45, 7) is 16.7. The topological polar surface area (TPSA) is 144 Å². The molecule has 0 aliphatic carbocycles. The number of hydrogen-bond donors (Lipinski definition) is 1. The van der Waals surface area contributed by atoms with Crippen molar-refractivity contribution >= 4 is 29.1 Å². The second-order valence-electron chi connectivity index (χ2n) is 13.4. The van der Waals surface area contributed by atoms with Gasteiger partial charge in [0.15, 0.2) is 11.8 Å². The van der Waals surface area contributed by atoms with E-state index in [1.54, 1.807) is 0 Å². The maximum Gasteiger partial charge on any atom is 0.418 e. The molecule has 1 aromatic carbocycles. The molecule has 0 amide bonds. The van der Waals surface area contributed by atoms with Crippen LogP contribution in [0.1, 0.15) is 73.6 Å². The predicted molar refractivity (Wildman–Crippen MR) is 175 cm³/mol. The van der Waals surface area contributed by atoms with Gasteiger partial charge in [-0.25, -0.2) is 14.4 Å². The van der Waals surface area contributed by atoms with Crippen molar-refractivity contribution in [3.63, 3.8) is 0 Å². The minimum Gasteiger partial charge on any atom is -0.461 e. The SMILES string of the molecule is COC(=O)C(=O)O[C@@]1(CCc2ccccc2)[C@@H]2O[Si](C(C)C)(C(C)C)O[Si](C(C)C)(C(C)C)OC[C@H]2O[C@H]1n1ccc(=O)[nH]c1=O. The average molecular weight is 677 g/mol. The highest BCUT2D eigenvalue weighted by atomic mass is 28.5. The number of nitrogens with one attached hydrogen (secondary N) is 1. The minimum absolute atomic E-state index is 0.0331. The smallest absolute Gasteiger partial charge is 0.418 e. The molecule has 2 aliphatic rings. The molecule has 0 saturated carbocycles. The summed E-state index contributed by atoms with van der Waals surface area (Å²) in [5, 5.41) is 0. The van der Waals surface area contributed by atoms with Crippen LogP contribution in [-0.2, 0) is 43.2 Å². The molecule has 2 fully saturated rings. The molecule has 3 heterocycles. The van der Waals surface area contributed by atoms with Gasteiger partial charge in [-0.3, -0.25) is 14.3 Å². The number of fused-ring (bicyclic) bond motifs is 1. The van der Waals surface area contributed by atoms with Crippen molar-refractivity contribution < 1.29 is 36.8 Å². The molecule has 0 radical (unpaired) electrons. The normalized spacial score (nSPS) is 25.7. The molecule has 0 spiro atoms. The molecule has 1 N–H and O–H groups in total. The van der Waals surface area contributed by atoms with Crippen LogP contribution in [0, 0.1) is 0 Å². The van der Waals surface area contributed by atoms with Crippen molar-refractivity contribution in [1.82, 2.24) is 9.55 Å². The number of ether oxygens (including phenoxy) is 3. The summed E-state index contributed by atoms with van der Waals surface area (Å²) < 4.78 is 40.4. The molecule has 254 valence electrons. The summed E-state index contributed by atoms with van der Waals surface area (Å²) in [4.78, 5) is 53.7. The van der Waals surface area contributed by atoms with E-state index in [2.05, 4.69) is 60.4 Å². The number of hydrogen-bond acceptors (Lipinski definition) is 10. The van der Waals surface area contributed by atoms with E-state index in [4.69, 9.17) is 27.2 Å². The van der Waals surface area contributed by atoms with E-state index in [1.807, 2.05) is 30.3 Å². The first kappa shape index (κ1) is 36.0. The summed E-state index contributed by atoms with van der Waals surface area (Å²) in [6, 6.07) is 10.7. The number of benzene rings is 1. The highest BCUT2D eigenvalue weighted by Gasteiger charge is 2.68. The van der Waals surface area contributed by atoms with E-state index in [1.165, 1.54) is 16.8 Å². The summed E-state index contributed by atoms with van der Waals surface area (Å²) in [6.07, 6.45) is -1.39. The number of esters is 2.